The summed E-state index contributed by atoms with van der Waals surface area (Å²) in [5.74, 6) is -5.77. The summed E-state index contributed by atoms with van der Waals surface area (Å²) in [6, 6.07) is 0. The van der Waals surface area contributed by atoms with Crippen LogP contribution in [0.2, 0.25) is 0 Å². The van der Waals surface area contributed by atoms with E-state index in [1.165, 1.54) is 11.0 Å². The second-order valence-electron chi connectivity index (χ2n) is 2.63. The standard InChI is InChI=1S/C8H13F2NO2/c1-3-5-11(4-2)6-8(9,10)7(12)13/h3H,1,4-6H2,2H3,(H,12,13). The summed E-state index contributed by atoms with van der Waals surface area (Å²) in [4.78, 5) is 11.4. The Morgan fingerprint density at radius 1 is 1.69 bits per heavy atom. The molecule has 3 nitrogen and oxygen atoms in total. The molecule has 0 aliphatic carbocycles. The number of likely N-dealkylation sites (N-methyl/N-ethyl adjacent to an activating group) is 1. The molecule has 0 saturated carbocycles. The molecule has 76 valence electrons. The lowest BCUT2D eigenvalue weighted by Crippen LogP contribution is -2.42. The molecule has 0 aromatic heterocycles. The smallest absolute Gasteiger partial charge is 0.375 e. The van der Waals surface area contributed by atoms with Crippen LogP contribution in [0.5, 0.6) is 0 Å². The Labute approximate surface area is 75.7 Å². The Kier molecular flexibility index (Phi) is 4.55. The van der Waals surface area contributed by atoms with E-state index < -0.39 is 18.4 Å². The molecule has 0 aliphatic rings. The SMILES string of the molecule is C=CCN(CC)CC(F)(F)C(=O)O. The van der Waals surface area contributed by atoms with Crippen LogP contribution in [0.3, 0.4) is 0 Å². The molecule has 0 aliphatic heterocycles. The van der Waals surface area contributed by atoms with E-state index in [1.807, 2.05) is 0 Å². The zero-order valence-electron chi connectivity index (χ0n) is 7.46. The van der Waals surface area contributed by atoms with Crippen LogP contribution in [0.15, 0.2) is 12.7 Å². The van der Waals surface area contributed by atoms with E-state index in [1.54, 1.807) is 6.92 Å². The summed E-state index contributed by atoms with van der Waals surface area (Å²) in [7, 11) is 0. The van der Waals surface area contributed by atoms with Crippen LogP contribution in [-0.2, 0) is 4.79 Å². The van der Waals surface area contributed by atoms with Gasteiger partial charge in [0, 0.05) is 6.54 Å². The molecular formula is C8H13F2NO2. The number of hydrogen-bond donors (Lipinski definition) is 1. The number of halogens is 2. The first kappa shape index (κ1) is 12.0. The molecule has 0 heterocycles. The summed E-state index contributed by atoms with van der Waals surface area (Å²) in [6.45, 7) is 4.93. The van der Waals surface area contributed by atoms with Gasteiger partial charge in [0.2, 0.25) is 0 Å². The van der Waals surface area contributed by atoms with Crippen molar-refractivity contribution in [1.29, 1.82) is 0 Å². The molecule has 0 amide bonds. The molecule has 0 aromatic rings. The number of nitrogens with zero attached hydrogens (tertiary/aromatic N) is 1. The third-order valence-electron chi connectivity index (χ3n) is 1.57. The van der Waals surface area contributed by atoms with E-state index in [0.717, 1.165) is 0 Å². The monoisotopic (exact) mass is 193 g/mol. The van der Waals surface area contributed by atoms with Crippen molar-refractivity contribution in [3.05, 3.63) is 12.7 Å². The molecule has 0 atom stereocenters. The summed E-state index contributed by atoms with van der Waals surface area (Å²) in [5, 5.41) is 8.15. The molecule has 1 N–H and O–H groups in total. The van der Waals surface area contributed by atoms with E-state index >= 15 is 0 Å². The zero-order chi connectivity index (χ0) is 10.5. The van der Waals surface area contributed by atoms with Gasteiger partial charge in [-0.05, 0) is 6.54 Å². The highest BCUT2D eigenvalue weighted by atomic mass is 19.3. The molecule has 0 bridgehead atoms. The number of carboxylic acid groups (broad SMARTS) is 1. The maximum absolute atomic E-state index is 12.6. The quantitative estimate of drug-likeness (QED) is 0.644. The number of aliphatic carboxylic acids is 1. The van der Waals surface area contributed by atoms with Gasteiger partial charge in [-0.1, -0.05) is 13.0 Å². The highest BCUT2D eigenvalue weighted by Gasteiger charge is 2.39. The van der Waals surface area contributed by atoms with Crippen molar-refractivity contribution in [3.8, 4) is 0 Å². The van der Waals surface area contributed by atoms with Gasteiger partial charge in [0.05, 0.1) is 6.54 Å². The molecule has 0 radical (unpaired) electrons. The lowest BCUT2D eigenvalue weighted by molar-refractivity contribution is -0.167. The van der Waals surface area contributed by atoms with Gasteiger partial charge in [-0.2, -0.15) is 8.78 Å². The van der Waals surface area contributed by atoms with Gasteiger partial charge in [0.15, 0.2) is 0 Å². The fourth-order valence-electron chi connectivity index (χ4n) is 0.836. The molecule has 0 fully saturated rings. The Morgan fingerprint density at radius 2 is 2.23 bits per heavy atom. The average Bonchev–Trinajstić information content (AvgIpc) is 2.03. The molecule has 13 heavy (non-hydrogen) atoms. The summed E-state index contributed by atoms with van der Waals surface area (Å²) in [6.07, 6.45) is 1.46. The predicted molar refractivity (Wildman–Crippen MR) is 44.9 cm³/mol. The fraction of sp³-hybridized carbons (Fsp3) is 0.625. The number of carbonyl (C=O) groups is 1. The summed E-state index contributed by atoms with van der Waals surface area (Å²) >= 11 is 0. The Bertz CT molecular complexity index is 195. The predicted octanol–water partition coefficient (Wildman–Crippen LogP) is 1.21. The number of hydrogen-bond acceptors (Lipinski definition) is 2. The third kappa shape index (κ3) is 3.98. The molecular weight excluding hydrogens is 180 g/mol. The number of rotatable bonds is 6. The Morgan fingerprint density at radius 3 is 2.54 bits per heavy atom. The minimum absolute atomic E-state index is 0.263. The highest BCUT2D eigenvalue weighted by molar-refractivity contribution is 5.75. The van der Waals surface area contributed by atoms with Crippen LogP contribution in [0, 0.1) is 0 Å². The number of carboxylic acids is 1. The summed E-state index contributed by atoms with van der Waals surface area (Å²) < 4.78 is 25.3. The van der Waals surface area contributed by atoms with Gasteiger partial charge in [0.1, 0.15) is 0 Å². The maximum atomic E-state index is 12.6. The average molecular weight is 193 g/mol. The van der Waals surface area contributed by atoms with Crippen LogP contribution in [0.1, 0.15) is 6.92 Å². The minimum atomic E-state index is -3.68. The van der Waals surface area contributed by atoms with Gasteiger partial charge >= 0.3 is 11.9 Å². The minimum Gasteiger partial charge on any atom is -0.477 e. The van der Waals surface area contributed by atoms with E-state index in [4.69, 9.17) is 5.11 Å². The van der Waals surface area contributed by atoms with E-state index in [-0.39, 0.29) is 6.54 Å². The Hall–Kier alpha value is -0.970. The van der Waals surface area contributed by atoms with Gasteiger partial charge in [-0.25, -0.2) is 4.79 Å². The first-order valence-electron chi connectivity index (χ1n) is 3.88. The van der Waals surface area contributed by atoms with Gasteiger partial charge in [-0.3, -0.25) is 4.90 Å². The third-order valence-corrected chi connectivity index (χ3v) is 1.57. The van der Waals surface area contributed by atoms with Crippen molar-refractivity contribution < 1.29 is 18.7 Å². The van der Waals surface area contributed by atoms with Crippen LogP contribution in [0.4, 0.5) is 8.78 Å². The van der Waals surface area contributed by atoms with Crippen LogP contribution in [0.25, 0.3) is 0 Å². The van der Waals surface area contributed by atoms with Crippen molar-refractivity contribution in [2.24, 2.45) is 0 Å². The first-order chi connectivity index (χ1) is 5.94. The zero-order valence-corrected chi connectivity index (χ0v) is 7.46. The second kappa shape index (κ2) is 4.91. The van der Waals surface area contributed by atoms with Crippen molar-refractivity contribution in [1.82, 2.24) is 4.90 Å². The van der Waals surface area contributed by atoms with E-state index in [9.17, 15) is 13.6 Å². The normalized spacial score (nSPS) is 11.7. The van der Waals surface area contributed by atoms with Crippen molar-refractivity contribution in [2.75, 3.05) is 19.6 Å². The maximum Gasteiger partial charge on any atom is 0.375 e. The van der Waals surface area contributed by atoms with Crippen LogP contribution in [-0.4, -0.2) is 41.5 Å². The second-order valence-corrected chi connectivity index (χ2v) is 2.63. The fourth-order valence-corrected chi connectivity index (χ4v) is 0.836. The highest BCUT2D eigenvalue weighted by Crippen LogP contribution is 2.15. The van der Waals surface area contributed by atoms with E-state index in [2.05, 4.69) is 6.58 Å². The molecule has 0 saturated heterocycles. The molecule has 0 aromatic carbocycles. The number of alkyl halides is 2. The molecule has 0 unspecified atom stereocenters. The van der Waals surface area contributed by atoms with Gasteiger partial charge in [0.25, 0.3) is 0 Å². The van der Waals surface area contributed by atoms with E-state index in [0.29, 0.717) is 6.54 Å². The summed E-state index contributed by atoms with van der Waals surface area (Å²) in [5.41, 5.74) is 0. The topological polar surface area (TPSA) is 40.5 Å². The van der Waals surface area contributed by atoms with Gasteiger partial charge in [-0.15, -0.1) is 6.58 Å². The molecule has 5 heteroatoms. The van der Waals surface area contributed by atoms with Crippen molar-refractivity contribution in [2.45, 2.75) is 12.8 Å². The van der Waals surface area contributed by atoms with Crippen LogP contribution >= 0.6 is 0 Å². The lowest BCUT2D eigenvalue weighted by Gasteiger charge is -2.22. The van der Waals surface area contributed by atoms with Crippen LogP contribution < -0.4 is 0 Å². The lowest BCUT2D eigenvalue weighted by atomic mass is 10.3. The van der Waals surface area contributed by atoms with Crippen molar-refractivity contribution in [3.63, 3.8) is 0 Å². The Balaban J connectivity index is 4.20. The molecule has 0 rings (SSSR count). The van der Waals surface area contributed by atoms with Gasteiger partial charge < -0.3 is 5.11 Å². The largest absolute Gasteiger partial charge is 0.477 e. The molecule has 0 spiro atoms. The van der Waals surface area contributed by atoms with Crippen molar-refractivity contribution >= 4 is 5.97 Å². The first-order valence-corrected chi connectivity index (χ1v) is 3.88.